The second-order valence-electron chi connectivity index (χ2n) is 8.79. The monoisotopic (exact) mass is 456 g/mol. The summed E-state index contributed by atoms with van der Waals surface area (Å²) in [5, 5.41) is 2.25. The summed E-state index contributed by atoms with van der Waals surface area (Å²) >= 11 is 0. The summed E-state index contributed by atoms with van der Waals surface area (Å²) in [6, 6.07) is 39.9. The molecule has 1 heterocycles. The smallest absolute Gasteiger partial charge is 0.204 e. The van der Waals surface area contributed by atoms with Crippen molar-refractivity contribution in [3.63, 3.8) is 0 Å². The lowest BCUT2D eigenvalue weighted by Crippen LogP contribution is -2.30. The highest BCUT2D eigenvalue weighted by molar-refractivity contribution is 6.02. The summed E-state index contributed by atoms with van der Waals surface area (Å²) in [5.74, 6) is 1.33. The molecule has 0 bridgehead atoms. The first-order chi connectivity index (χ1) is 17.3. The molecule has 0 saturated carbocycles. The molecule has 0 unspecified atom stereocenters. The van der Waals surface area contributed by atoms with E-state index in [0.717, 1.165) is 39.0 Å². The Kier molecular flexibility index (Phi) is 5.51. The summed E-state index contributed by atoms with van der Waals surface area (Å²) in [7, 11) is 0. The Morgan fingerprint density at radius 1 is 0.714 bits per heavy atom. The third kappa shape index (κ3) is 4.06. The lowest BCUT2D eigenvalue weighted by molar-refractivity contribution is 0.0807. The number of carbonyl (C=O) groups is 1. The van der Waals surface area contributed by atoms with E-state index < -0.39 is 6.10 Å². The van der Waals surface area contributed by atoms with Crippen LogP contribution in [0.5, 0.6) is 11.5 Å². The van der Waals surface area contributed by atoms with Crippen molar-refractivity contribution in [1.29, 1.82) is 0 Å². The van der Waals surface area contributed by atoms with Crippen LogP contribution in [0.1, 0.15) is 33.0 Å². The number of carbonyl (C=O) groups excluding carboxylic acids is 1. The zero-order chi connectivity index (χ0) is 23.6. The lowest BCUT2D eigenvalue weighted by Gasteiger charge is -2.20. The Balaban J connectivity index is 1.37. The van der Waals surface area contributed by atoms with Gasteiger partial charge in [0.1, 0.15) is 18.1 Å². The fourth-order valence-corrected chi connectivity index (χ4v) is 4.88. The first kappa shape index (κ1) is 21.2. The topological polar surface area (TPSA) is 35.5 Å². The van der Waals surface area contributed by atoms with Crippen molar-refractivity contribution in [3.05, 3.63) is 144 Å². The maximum Gasteiger partial charge on any atom is 0.204 e. The van der Waals surface area contributed by atoms with Crippen LogP contribution >= 0.6 is 0 Å². The molecule has 0 radical (unpaired) electrons. The highest BCUT2D eigenvalue weighted by Crippen LogP contribution is 2.47. The molecule has 5 aromatic rings. The normalized spacial score (nSPS) is 16.5. The standard InChI is InChI=1S/C32H24O3/c33-31(25-12-5-2-6-13-25)32-29(30-27-14-8-7-11-23(27)17-20-28(30)35-32)24-15-18-26(19-16-24)34-21-22-9-3-1-4-10-22/h1-20,29,32H,21H2/t29-,32-/m1/s1. The van der Waals surface area contributed by atoms with Crippen LogP contribution in [0.15, 0.2) is 121 Å². The number of fused-ring (bicyclic) bond motifs is 3. The molecule has 6 rings (SSSR count). The first-order valence-electron chi connectivity index (χ1n) is 11.8. The zero-order valence-corrected chi connectivity index (χ0v) is 19.1. The molecule has 0 spiro atoms. The zero-order valence-electron chi connectivity index (χ0n) is 19.1. The van der Waals surface area contributed by atoms with Crippen molar-refractivity contribution in [2.75, 3.05) is 0 Å². The molecule has 5 aromatic carbocycles. The predicted molar refractivity (Wildman–Crippen MR) is 138 cm³/mol. The minimum Gasteiger partial charge on any atom is -0.489 e. The van der Waals surface area contributed by atoms with Crippen molar-refractivity contribution < 1.29 is 14.3 Å². The number of rotatable bonds is 6. The SMILES string of the molecule is O=C(c1ccccc1)[C@@H]1Oc2ccc3ccccc3c2[C@H]1c1ccc(OCc2ccccc2)cc1. The molecular weight excluding hydrogens is 432 g/mol. The van der Waals surface area contributed by atoms with Crippen molar-refractivity contribution in [1.82, 2.24) is 0 Å². The third-order valence-corrected chi connectivity index (χ3v) is 6.60. The van der Waals surface area contributed by atoms with Gasteiger partial charge in [-0.2, -0.15) is 0 Å². The number of benzene rings is 5. The largest absolute Gasteiger partial charge is 0.489 e. The second kappa shape index (κ2) is 9.11. The average molecular weight is 457 g/mol. The van der Waals surface area contributed by atoms with E-state index in [0.29, 0.717) is 12.2 Å². The Morgan fingerprint density at radius 3 is 2.17 bits per heavy atom. The molecule has 35 heavy (non-hydrogen) atoms. The number of hydrogen-bond acceptors (Lipinski definition) is 3. The quantitative estimate of drug-likeness (QED) is 0.254. The van der Waals surface area contributed by atoms with Gasteiger partial charge < -0.3 is 9.47 Å². The van der Waals surface area contributed by atoms with E-state index in [4.69, 9.17) is 9.47 Å². The van der Waals surface area contributed by atoms with Crippen LogP contribution in [0, 0.1) is 0 Å². The lowest BCUT2D eigenvalue weighted by atomic mass is 9.83. The molecule has 2 atom stereocenters. The van der Waals surface area contributed by atoms with Gasteiger partial charge in [0.05, 0.1) is 5.92 Å². The molecule has 3 nitrogen and oxygen atoms in total. The Bertz CT molecular complexity index is 1470. The fourth-order valence-electron chi connectivity index (χ4n) is 4.88. The Hall–Kier alpha value is -4.37. The first-order valence-corrected chi connectivity index (χ1v) is 11.8. The van der Waals surface area contributed by atoms with Crippen LogP contribution in [0.2, 0.25) is 0 Å². The molecule has 1 aliphatic heterocycles. The van der Waals surface area contributed by atoms with Gasteiger partial charge >= 0.3 is 0 Å². The van der Waals surface area contributed by atoms with Crippen molar-refractivity contribution in [2.45, 2.75) is 18.6 Å². The van der Waals surface area contributed by atoms with E-state index >= 15 is 0 Å². The molecule has 1 aliphatic rings. The molecule has 0 aromatic heterocycles. The summed E-state index contributed by atoms with van der Waals surface area (Å²) in [5.41, 5.74) is 3.87. The Morgan fingerprint density at radius 2 is 1.40 bits per heavy atom. The van der Waals surface area contributed by atoms with Crippen molar-refractivity contribution in [2.24, 2.45) is 0 Å². The minimum absolute atomic E-state index is 0.0136. The van der Waals surface area contributed by atoms with E-state index in [1.807, 2.05) is 91.0 Å². The third-order valence-electron chi connectivity index (χ3n) is 6.60. The molecule has 0 amide bonds. The highest BCUT2D eigenvalue weighted by Gasteiger charge is 2.41. The van der Waals surface area contributed by atoms with Gasteiger partial charge in [0.25, 0.3) is 0 Å². The van der Waals surface area contributed by atoms with Crippen LogP contribution in [-0.4, -0.2) is 11.9 Å². The van der Waals surface area contributed by atoms with Crippen molar-refractivity contribution in [3.8, 4) is 11.5 Å². The molecule has 0 fully saturated rings. The van der Waals surface area contributed by atoms with Crippen LogP contribution in [0.4, 0.5) is 0 Å². The molecule has 0 N–H and O–H groups in total. The van der Waals surface area contributed by atoms with E-state index in [-0.39, 0.29) is 11.7 Å². The summed E-state index contributed by atoms with van der Waals surface area (Å²) < 4.78 is 12.3. The van der Waals surface area contributed by atoms with Gasteiger partial charge in [0.15, 0.2) is 6.10 Å². The Labute approximate surface area is 204 Å². The van der Waals surface area contributed by atoms with E-state index in [9.17, 15) is 4.79 Å². The van der Waals surface area contributed by atoms with Crippen LogP contribution in [-0.2, 0) is 6.61 Å². The van der Waals surface area contributed by atoms with Gasteiger partial charge in [-0.25, -0.2) is 0 Å². The molecule has 0 aliphatic carbocycles. The van der Waals surface area contributed by atoms with Crippen molar-refractivity contribution >= 4 is 16.6 Å². The highest BCUT2D eigenvalue weighted by atomic mass is 16.5. The fraction of sp³-hybridized carbons (Fsp3) is 0.0938. The van der Waals surface area contributed by atoms with E-state index in [2.05, 4.69) is 30.3 Å². The summed E-state index contributed by atoms with van der Waals surface area (Å²) in [4.78, 5) is 13.6. The molecule has 170 valence electrons. The van der Waals surface area contributed by atoms with Gasteiger partial charge in [-0.3, -0.25) is 4.79 Å². The van der Waals surface area contributed by atoms with Gasteiger partial charge in [0, 0.05) is 11.1 Å². The van der Waals surface area contributed by atoms with Crippen LogP contribution < -0.4 is 9.47 Å². The predicted octanol–water partition coefficient (Wildman–Crippen LogP) is 7.19. The van der Waals surface area contributed by atoms with E-state index in [1.165, 1.54) is 0 Å². The maximum absolute atomic E-state index is 13.6. The average Bonchev–Trinajstić information content (AvgIpc) is 3.33. The minimum atomic E-state index is -0.630. The maximum atomic E-state index is 13.6. The van der Waals surface area contributed by atoms with Gasteiger partial charge in [-0.15, -0.1) is 0 Å². The van der Waals surface area contributed by atoms with Gasteiger partial charge in [-0.05, 0) is 40.1 Å². The van der Waals surface area contributed by atoms with E-state index in [1.54, 1.807) is 0 Å². The second-order valence-corrected chi connectivity index (χ2v) is 8.79. The summed E-state index contributed by atoms with van der Waals surface area (Å²) in [6.45, 7) is 0.509. The van der Waals surface area contributed by atoms with Gasteiger partial charge in [0.2, 0.25) is 5.78 Å². The molecule has 3 heteroatoms. The molecular formula is C32H24O3. The molecule has 0 saturated heterocycles. The van der Waals surface area contributed by atoms with Crippen LogP contribution in [0.25, 0.3) is 10.8 Å². The number of ether oxygens (including phenoxy) is 2. The van der Waals surface area contributed by atoms with Crippen LogP contribution in [0.3, 0.4) is 0 Å². The summed E-state index contributed by atoms with van der Waals surface area (Å²) in [6.07, 6.45) is -0.630. The number of ketones is 1. The van der Waals surface area contributed by atoms with Gasteiger partial charge in [-0.1, -0.05) is 103 Å². The number of Topliss-reactive ketones (excluding diaryl/α,β-unsaturated/α-hetero) is 1. The number of hydrogen-bond donors (Lipinski definition) is 0.